The third kappa shape index (κ3) is 2.78. The first-order valence-corrected chi connectivity index (χ1v) is 9.86. The van der Waals surface area contributed by atoms with Crippen molar-refractivity contribution in [3.05, 3.63) is 90.0 Å². The van der Waals surface area contributed by atoms with Crippen LogP contribution in [0.2, 0.25) is 0 Å². The number of hydrogen-bond acceptors (Lipinski definition) is 5. The molecule has 0 saturated carbocycles. The van der Waals surface area contributed by atoms with Crippen molar-refractivity contribution in [2.24, 2.45) is 0 Å². The summed E-state index contributed by atoms with van der Waals surface area (Å²) in [7, 11) is 0. The number of benzene rings is 1. The lowest BCUT2D eigenvalue weighted by atomic mass is 9.71. The highest BCUT2D eigenvalue weighted by Crippen LogP contribution is 2.48. The van der Waals surface area contributed by atoms with Crippen LogP contribution in [0.1, 0.15) is 32.3 Å². The fourth-order valence-corrected chi connectivity index (χ4v) is 4.63. The van der Waals surface area contributed by atoms with Crippen LogP contribution in [0.25, 0.3) is 0 Å². The van der Waals surface area contributed by atoms with E-state index in [2.05, 4.69) is 9.97 Å². The summed E-state index contributed by atoms with van der Waals surface area (Å²) in [5.74, 6) is -0.395. The third-order valence-corrected chi connectivity index (χ3v) is 5.98. The van der Waals surface area contributed by atoms with Crippen LogP contribution in [0.15, 0.2) is 73.2 Å². The highest BCUT2D eigenvalue weighted by atomic mass is 16.3. The lowest BCUT2D eigenvalue weighted by molar-refractivity contribution is -0.0250. The number of anilines is 1. The fraction of sp³-hybridized carbons (Fsp3) is 0.217. The Labute approximate surface area is 173 Å². The highest BCUT2D eigenvalue weighted by molar-refractivity contribution is 6.07. The monoisotopic (exact) mass is 400 g/mol. The van der Waals surface area contributed by atoms with Gasteiger partial charge >= 0.3 is 0 Å². The van der Waals surface area contributed by atoms with Crippen LogP contribution < -0.4 is 4.90 Å². The van der Waals surface area contributed by atoms with Crippen LogP contribution in [0.3, 0.4) is 0 Å². The highest BCUT2D eigenvalue weighted by Gasteiger charge is 2.55. The molecule has 0 aliphatic carbocycles. The van der Waals surface area contributed by atoms with Gasteiger partial charge in [-0.3, -0.25) is 19.6 Å². The van der Waals surface area contributed by atoms with Crippen molar-refractivity contribution in [1.82, 2.24) is 14.9 Å². The molecule has 3 atom stereocenters. The molecule has 1 fully saturated rings. The van der Waals surface area contributed by atoms with E-state index in [9.17, 15) is 14.7 Å². The summed E-state index contributed by atoms with van der Waals surface area (Å²) in [5, 5.41) is 10.1. The first-order valence-electron chi connectivity index (χ1n) is 9.86. The van der Waals surface area contributed by atoms with Gasteiger partial charge in [0.2, 0.25) is 0 Å². The standard InChI is InChI=1S/C23H20N4O3/c28-14-20-21-16-5-1-2-7-18(16)26(22(29)15-8-11-24-12-9-15)13-19(21)27(20)23(30)17-6-3-4-10-25-17/h1-12,19-21,28H,13-14H2/t19-,20-,21+/m1/s1. The van der Waals surface area contributed by atoms with Gasteiger partial charge in [0, 0.05) is 42.3 Å². The average molecular weight is 400 g/mol. The van der Waals surface area contributed by atoms with E-state index in [1.54, 1.807) is 58.7 Å². The van der Waals surface area contributed by atoms with Crippen molar-refractivity contribution in [3.63, 3.8) is 0 Å². The minimum atomic E-state index is -0.344. The number of pyridine rings is 2. The molecule has 0 bridgehead atoms. The van der Waals surface area contributed by atoms with E-state index in [-0.39, 0.29) is 36.4 Å². The van der Waals surface area contributed by atoms with Gasteiger partial charge in [-0.2, -0.15) is 0 Å². The molecule has 2 aromatic heterocycles. The SMILES string of the molecule is O=C(c1ccncc1)N1C[C@@H]2[C@H](c3ccccc31)[C@@H](CO)N2C(=O)c1ccccn1. The van der Waals surface area contributed by atoms with Crippen molar-refractivity contribution in [3.8, 4) is 0 Å². The molecule has 2 aliphatic heterocycles. The number of likely N-dealkylation sites (tertiary alicyclic amines) is 1. The number of hydrogen-bond donors (Lipinski definition) is 1. The predicted octanol–water partition coefficient (Wildman–Crippen LogP) is 2.11. The van der Waals surface area contributed by atoms with Crippen molar-refractivity contribution in [2.45, 2.75) is 18.0 Å². The van der Waals surface area contributed by atoms with E-state index < -0.39 is 0 Å². The van der Waals surface area contributed by atoms with Gasteiger partial charge in [-0.15, -0.1) is 0 Å². The Balaban J connectivity index is 1.54. The number of aliphatic hydroxyl groups excluding tert-OH is 1. The van der Waals surface area contributed by atoms with Crippen LogP contribution in [-0.4, -0.2) is 57.0 Å². The number of para-hydroxylation sites is 1. The minimum Gasteiger partial charge on any atom is -0.394 e. The Morgan fingerprint density at radius 2 is 1.73 bits per heavy atom. The molecule has 1 N–H and O–H groups in total. The minimum absolute atomic E-state index is 0.0275. The van der Waals surface area contributed by atoms with Gasteiger partial charge < -0.3 is 14.9 Å². The van der Waals surface area contributed by atoms with E-state index in [0.717, 1.165) is 11.3 Å². The molecule has 0 spiro atoms. The van der Waals surface area contributed by atoms with Crippen molar-refractivity contribution < 1.29 is 14.7 Å². The number of aromatic nitrogens is 2. The summed E-state index contributed by atoms with van der Waals surface area (Å²) in [5.41, 5.74) is 2.67. The van der Waals surface area contributed by atoms with Crippen LogP contribution in [0, 0.1) is 0 Å². The molecule has 3 aromatic rings. The number of carbonyl (C=O) groups is 2. The number of nitrogens with zero attached hydrogens (tertiary/aromatic N) is 4. The Bertz CT molecular complexity index is 1090. The van der Waals surface area contributed by atoms with E-state index >= 15 is 0 Å². The normalized spacial score (nSPS) is 22.0. The topological polar surface area (TPSA) is 86.6 Å². The smallest absolute Gasteiger partial charge is 0.273 e. The van der Waals surface area contributed by atoms with Gasteiger partial charge in [0.15, 0.2) is 0 Å². The number of carbonyl (C=O) groups excluding carboxylic acids is 2. The number of amides is 2. The van der Waals surface area contributed by atoms with E-state index in [0.29, 0.717) is 17.8 Å². The van der Waals surface area contributed by atoms with Crippen LogP contribution in [0.5, 0.6) is 0 Å². The van der Waals surface area contributed by atoms with Crippen LogP contribution in [-0.2, 0) is 0 Å². The van der Waals surface area contributed by atoms with Gasteiger partial charge in [0.1, 0.15) is 5.69 Å². The molecular weight excluding hydrogens is 380 g/mol. The summed E-state index contributed by atoms with van der Waals surface area (Å²) in [6.07, 6.45) is 4.76. The van der Waals surface area contributed by atoms with Gasteiger partial charge in [-0.05, 0) is 35.9 Å². The summed E-state index contributed by atoms with van der Waals surface area (Å²) in [6, 6.07) is 15.7. The maximum atomic E-state index is 13.3. The quantitative estimate of drug-likeness (QED) is 0.728. The first kappa shape index (κ1) is 18.4. The van der Waals surface area contributed by atoms with Crippen molar-refractivity contribution >= 4 is 17.5 Å². The maximum Gasteiger partial charge on any atom is 0.273 e. The lowest BCUT2D eigenvalue weighted by Gasteiger charge is -2.58. The summed E-state index contributed by atoms with van der Waals surface area (Å²) in [6.45, 7) is 0.213. The van der Waals surface area contributed by atoms with E-state index in [1.807, 2.05) is 24.3 Å². The fourth-order valence-electron chi connectivity index (χ4n) is 4.63. The van der Waals surface area contributed by atoms with Crippen LogP contribution in [0.4, 0.5) is 5.69 Å². The molecule has 1 aromatic carbocycles. The second-order valence-corrected chi connectivity index (χ2v) is 7.48. The predicted molar refractivity (Wildman–Crippen MR) is 110 cm³/mol. The Morgan fingerprint density at radius 3 is 2.47 bits per heavy atom. The Morgan fingerprint density at radius 1 is 0.967 bits per heavy atom. The zero-order valence-corrected chi connectivity index (χ0v) is 16.1. The molecule has 5 rings (SSSR count). The average Bonchev–Trinajstić information content (AvgIpc) is 2.80. The molecule has 30 heavy (non-hydrogen) atoms. The van der Waals surface area contributed by atoms with Crippen molar-refractivity contribution in [2.75, 3.05) is 18.1 Å². The number of aliphatic hydroxyl groups is 1. The van der Waals surface area contributed by atoms with E-state index in [1.165, 1.54) is 0 Å². The zero-order valence-electron chi connectivity index (χ0n) is 16.1. The molecule has 2 amide bonds. The lowest BCUT2D eigenvalue weighted by Crippen LogP contribution is -2.70. The molecule has 150 valence electrons. The first-order chi connectivity index (χ1) is 14.7. The summed E-state index contributed by atoms with van der Waals surface area (Å²) >= 11 is 0. The van der Waals surface area contributed by atoms with Crippen LogP contribution >= 0.6 is 0 Å². The van der Waals surface area contributed by atoms with Gasteiger partial charge in [0.25, 0.3) is 11.8 Å². The van der Waals surface area contributed by atoms with Gasteiger partial charge in [0.05, 0.1) is 18.7 Å². The molecule has 0 radical (unpaired) electrons. The molecule has 0 unspecified atom stereocenters. The molecule has 1 saturated heterocycles. The summed E-state index contributed by atoms with van der Waals surface area (Å²) in [4.78, 5) is 38.0. The maximum absolute atomic E-state index is 13.3. The zero-order chi connectivity index (χ0) is 20.7. The Kier molecular flexibility index (Phi) is 4.52. The second kappa shape index (κ2) is 7.35. The molecule has 7 nitrogen and oxygen atoms in total. The van der Waals surface area contributed by atoms with Gasteiger partial charge in [-0.25, -0.2) is 0 Å². The summed E-state index contributed by atoms with van der Waals surface area (Å²) < 4.78 is 0. The molecule has 7 heteroatoms. The largest absolute Gasteiger partial charge is 0.394 e. The number of fused-ring (bicyclic) bond motifs is 3. The van der Waals surface area contributed by atoms with Gasteiger partial charge in [-0.1, -0.05) is 24.3 Å². The molecule has 4 heterocycles. The third-order valence-electron chi connectivity index (χ3n) is 5.98. The van der Waals surface area contributed by atoms with E-state index in [4.69, 9.17) is 0 Å². The molecular formula is C23H20N4O3. The molecule has 2 aliphatic rings. The van der Waals surface area contributed by atoms with Crippen molar-refractivity contribution in [1.29, 1.82) is 0 Å². The Hall–Kier alpha value is -3.58. The second-order valence-electron chi connectivity index (χ2n) is 7.48. The number of rotatable bonds is 3.